The van der Waals surface area contributed by atoms with E-state index in [1.54, 1.807) is 6.20 Å². The molecule has 1 fully saturated rings. The van der Waals surface area contributed by atoms with E-state index >= 15 is 0 Å². The van der Waals surface area contributed by atoms with E-state index in [4.69, 9.17) is 11.6 Å². The predicted molar refractivity (Wildman–Crippen MR) is 70.0 cm³/mol. The van der Waals surface area contributed by atoms with Crippen molar-refractivity contribution >= 4 is 23.4 Å². The van der Waals surface area contributed by atoms with Crippen LogP contribution in [0.25, 0.3) is 0 Å². The maximum absolute atomic E-state index is 6.12. The summed E-state index contributed by atoms with van der Waals surface area (Å²) in [7, 11) is 1.95. The van der Waals surface area contributed by atoms with E-state index in [0.717, 1.165) is 30.4 Å². The smallest absolute Gasteiger partial charge is 0.0831 e. The first-order valence-electron chi connectivity index (χ1n) is 5.60. The number of hydrogen-bond acceptors (Lipinski definition) is 3. The van der Waals surface area contributed by atoms with Gasteiger partial charge in [-0.3, -0.25) is 9.58 Å². The van der Waals surface area contributed by atoms with Gasteiger partial charge in [0.15, 0.2) is 0 Å². The van der Waals surface area contributed by atoms with Gasteiger partial charge in [-0.1, -0.05) is 25.4 Å². The summed E-state index contributed by atoms with van der Waals surface area (Å²) in [5.74, 6) is 0. The summed E-state index contributed by atoms with van der Waals surface area (Å²) in [6, 6.07) is 0. The molecule has 1 saturated heterocycles. The largest absolute Gasteiger partial charge is 0.295 e. The first-order valence-corrected chi connectivity index (χ1v) is 6.92. The number of nitrogens with zero attached hydrogens (tertiary/aromatic N) is 3. The summed E-state index contributed by atoms with van der Waals surface area (Å²) in [6.45, 7) is 7.76. The summed E-state index contributed by atoms with van der Waals surface area (Å²) in [6.07, 6.45) is 1.72. The molecule has 0 aromatic carbocycles. The van der Waals surface area contributed by atoms with Gasteiger partial charge in [-0.15, -0.1) is 0 Å². The number of thioether (sulfide) groups is 1. The Bertz CT molecular complexity index is 337. The molecule has 2 rings (SSSR count). The Labute approximate surface area is 106 Å². The number of aryl methyl sites for hydroxylation is 1. The summed E-state index contributed by atoms with van der Waals surface area (Å²) >= 11 is 8.19. The minimum atomic E-state index is 0.704. The molecule has 1 aliphatic heterocycles. The highest BCUT2D eigenvalue weighted by Crippen LogP contribution is 2.26. The number of rotatable bonds is 2. The Hall–Kier alpha value is -0.190. The second kappa shape index (κ2) is 4.98. The van der Waals surface area contributed by atoms with Crippen molar-refractivity contribution < 1.29 is 0 Å². The van der Waals surface area contributed by atoms with Crippen molar-refractivity contribution in [2.75, 3.05) is 13.1 Å². The molecule has 0 saturated carbocycles. The number of aromatic nitrogens is 2. The average Bonchev–Trinajstić information content (AvgIpc) is 2.48. The fourth-order valence-corrected chi connectivity index (χ4v) is 3.85. The van der Waals surface area contributed by atoms with E-state index in [-0.39, 0.29) is 0 Å². The first kappa shape index (κ1) is 12.3. The highest BCUT2D eigenvalue weighted by Gasteiger charge is 2.23. The van der Waals surface area contributed by atoms with Gasteiger partial charge in [-0.2, -0.15) is 16.9 Å². The zero-order valence-corrected chi connectivity index (χ0v) is 11.6. The summed E-state index contributed by atoms with van der Waals surface area (Å²) in [5.41, 5.74) is 1.12. The molecule has 1 aromatic rings. The third kappa shape index (κ3) is 2.73. The standard InChI is InChI=1S/C11H18ClN3S/c1-8-5-15(6-9(2)16-8)7-11-10(12)4-13-14(11)3/h4,8-9H,5-7H2,1-3H3/t8-,9-/m1/s1. The number of halogens is 1. The minimum absolute atomic E-state index is 0.704. The summed E-state index contributed by atoms with van der Waals surface area (Å²) < 4.78 is 1.87. The van der Waals surface area contributed by atoms with Gasteiger partial charge < -0.3 is 0 Å². The van der Waals surface area contributed by atoms with Crippen LogP contribution in [0.2, 0.25) is 5.02 Å². The highest BCUT2D eigenvalue weighted by atomic mass is 35.5. The van der Waals surface area contributed by atoms with Crippen molar-refractivity contribution in [3.8, 4) is 0 Å². The van der Waals surface area contributed by atoms with Crippen LogP contribution < -0.4 is 0 Å². The molecule has 0 amide bonds. The lowest BCUT2D eigenvalue weighted by atomic mass is 10.3. The van der Waals surface area contributed by atoms with E-state index in [9.17, 15) is 0 Å². The molecule has 2 heterocycles. The quantitative estimate of drug-likeness (QED) is 0.814. The Balaban J connectivity index is 2.04. The molecule has 0 aliphatic carbocycles. The van der Waals surface area contributed by atoms with Gasteiger partial charge in [-0.25, -0.2) is 0 Å². The van der Waals surface area contributed by atoms with Crippen LogP contribution in [0.5, 0.6) is 0 Å². The Morgan fingerprint density at radius 3 is 2.56 bits per heavy atom. The van der Waals surface area contributed by atoms with E-state index in [1.165, 1.54) is 0 Å². The van der Waals surface area contributed by atoms with Crippen LogP contribution in [-0.4, -0.2) is 38.3 Å². The van der Waals surface area contributed by atoms with Crippen molar-refractivity contribution in [3.05, 3.63) is 16.9 Å². The van der Waals surface area contributed by atoms with Crippen molar-refractivity contribution in [3.63, 3.8) is 0 Å². The van der Waals surface area contributed by atoms with E-state index in [2.05, 4.69) is 35.6 Å². The van der Waals surface area contributed by atoms with E-state index in [1.807, 2.05) is 11.7 Å². The topological polar surface area (TPSA) is 21.1 Å². The Kier molecular flexibility index (Phi) is 3.82. The van der Waals surface area contributed by atoms with Crippen molar-refractivity contribution in [2.45, 2.75) is 30.9 Å². The lowest BCUT2D eigenvalue weighted by Gasteiger charge is -2.34. The van der Waals surface area contributed by atoms with Crippen LogP contribution >= 0.6 is 23.4 Å². The lowest BCUT2D eigenvalue weighted by Crippen LogP contribution is -2.40. The maximum atomic E-state index is 6.12. The molecule has 0 N–H and O–H groups in total. The van der Waals surface area contributed by atoms with Gasteiger partial charge in [-0.05, 0) is 0 Å². The monoisotopic (exact) mass is 259 g/mol. The molecule has 0 radical (unpaired) electrons. The second-order valence-electron chi connectivity index (χ2n) is 4.51. The molecule has 2 atom stereocenters. The molecule has 1 aliphatic rings. The van der Waals surface area contributed by atoms with Crippen LogP contribution in [0.15, 0.2) is 6.20 Å². The third-order valence-corrected chi connectivity index (χ3v) is 4.42. The van der Waals surface area contributed by atoms with Crippen LogP contribution in [0, 0.1) is 0 Å². The van der Waals surface area contributed by atoms with Gasteiger partial charge in [0.1, 0.15) is 0 Å². The number of hydrogen-bond donors (Lipinski definition) is 0. The maximum Gasteiger partial charge on any atom is 0.0831 e. The zero-order valence-electron chi connectivity index (χ0n) is 9.98. The van der Waals surface area contributed by atoms with Crippen LogP contribution in [0.1, 0.15) is 19.5 Å². The molecule has 16 heavy (non-hydrogen) atoms. The third-order valence-electron chi connectivity index (χ3n) is 2.88. The Morgan fingerprint density at radius 1 is 1.44 bits per heavy atom. The molecule has 90 valence electrons. The van der Waals surface area contributed by atoms with Gasteiger partial charge in [0.25, 0.3) is 0 Å². The molecule has 0 unspecified atom stereocenters. The molecule has 1 aromatic heterocycles. The van der Waals surface area contributed by atoms with Crippen molar-refractivity contribution in [1.82, 2.24) is 14.7 Å². The molecule has 5 heteroatoms. The molecule has 3 nitrogen and oxygen atoms in total. The van der Waals surface area contributed by atoms with E-state index < -0.39 is 0 Å². The summed E-state index contributed by atoms with van der Waals surface area (Å²) in [5, 5.41) is 6.36. The normalized spacial score (nSPS) is 27.2. The summed E-state index contributed by atoms with van der Waals surface area (Å²) in [4.78, 5) is 2.47. The predicted octanol–water partition coefficient (Wildman–Crippen LogP) is 2.40. The van der Waals surface area contributed by atoms with Crippen LogP contribution in [0.3, 0.4) is 0 Å². The van der Waals surface area contributed by atoms with Crippen LogP contribution in [0.4, 0.5) is 0 Å². The Morgan fingerprint density at radius 2 is 2.06 bits per heavy atom. The molecular formula is C11H18ClN3S. The molecule has 0 spiro atoms. The lowest BCUT2D eigenvalue weighted by molar-refractivity contribution is 0.256. The fraction of sp³-hybridized carbons (Fsp3) is 0.727. The first-order chi connectivity index (χ1) is 7.56. The van der Waals surface area contributed by atoms with Gasteiger partial charge >= 0.3 is 0 Å². The minimum Gasteiger partial charge on any atom is -0.295 e. The highest BCUT2D eigenvalue weighted by molar-refractivity contribution is 8.00. The van der Waals surface area contributed by atoms with Gasteiger partial charge in [0, 0.05) is 37.2 Å². The van der Waals surface area contributed by atoms with Gasteiger partial charge in [0.2, 0.25) is 0 Å². The van der Waals surface area contributed by atoms with Crippen molar-refractivity contribution in [2.24, 2.45) is 7.05 Å². The van der Waals surface area contributed by atoms with Crippen LogP contribution in [-0.2, 0) is 13.6 Å². The SMILES string of the molecule is C[C@@H]1CN(Cc2c(Cl)cnn2C)C[C@@H](C)S1. The van der Waals surface area contributed by atoms with E-state index in [0.29, 0.717) is 10.5 Å². The van der Waals surface area contributed by atoms with Gasteiger partial charge in [0.05, 0.1) is 16.9 Å². The van der Waals surface area contributed by atoms with Crippen molar-refractivity contribution in [1.29, 1.82) is 0 Å². The molecule has 0 bridgehead atoms. The fourth-order valence-electron chi connectivity index (χ4n) is 2.24. The zero-order chi connectivity index (χ0) is 11.7. The molecular weight excluding hydrogens is 242 g/mol. The second-order valence-corrected chi connectivity index (χ2v) is 6.80. The average molecular weight is 260 g/mol.